The standard InChI is InChI=1S/C21H23NO5/c1-2-3-6-15-9-11-16(12-10-15)22-20(23)14-26-21(24)19-13-25-17-7-4-5-8-18(17)27-19/h4-5,7-12,19H,2-3,6,13-14H2,1H3,(H,22,23)/t19-/m1/s1. The van der Waals surface area contributed by atoms with Crippen molar-refractivity contribution in [3.63, 3.8) is 0 Å². The topological polar surface area (TPSA) is 73.9 Å². The summed E-state index contributed by atoms with van der Waals surface area (Å²) in [7, 11) is 0. The minimum Gasteiger partial charge on any atom is -0.485 e. The number of aryl methyl sites for hydroxylation is 1. The lowest BCUT2D eigenvalue weighted by Crippen LogP contribution is -2.39. The number of carbonyl (C=O) groups excluding carboxylic acids is 2. The highest BCUT2D eigenvalue weighted by molar-refractivity contribution is 5.93. The van der Waals surface area contributed by atoms with Crippen molar-refractivity contribution in [3.8, 4) is 11.5 Å². The van der Waals surface area contributed by atoms with Crippen molar-refractivity contribution < 1.29 is 23.8 Å². The summed E-state index contributed by atoms with van der Waals surface area (Å²) in [6.45, 7) is 1.83. The van der Waals surface area contributed by atoms with Crippen LogP contribution in [0.3, 0.4) is 0 Å². The van der Waals surface area contributed by atoms with E-state index in [9.17, 15) is 9.59 Å². The van der Waals surface area contributed by atoms with Crippen LogP contribution in [0, 0.1) is 0 Å². The number of ether oxygens (including phenoxy) is 3. The van der Waals surface area contributed by atoms with Gasteiger partial charge in [-0.2, -0.15) is 0 Å². The fraction of sp³-hybridized carbons (Fsp3) is 0.333. The van der Waals surface area contributed by atoms with Gasteiger partial charge < -0.3 is 19.5 Å². The first kappa shape index (κ1) is 18.8. The first-order valence-corrected chi connectivity index (χ1v) is 9.09. The fourth-order valence-corrected chi connectivity index (χ4v) is 2.70. The van der Waals surface area contributed by atoms with Crippen molar-refractivity contribution in [1.29, 1.82) is 0 Å². The highest BCUT2D eigenvalue weighted by atomic mass is 16.6. The van der Waals surface area contributed by atoms with Crippen LogP contribution in [0.4, 0.5) is 5.69 Å². The summed E-state index contributed by atoms with van der Waals surface area (Å²) < 4.78 is 16.1. The van der Waals surface area contributed by atoms with Crippen molar-refractivity contribution in [3.05, 3.63) is 54.1 Å². The second-order valence-electron chi connectivity index (χ2n) is 6.32. The first-order valence-electron chi connectivity index (χ1n) is 9.09. The molecular formula is C21H23NO5. The normalized spacial score (nSPS) is 15.1. The minimum atomic E-state index is -0.884. The Labute approximate surface area is 158 Å². The number of rotatable bonds is 7. The quantitative estimate of drug-likeness (QED) is 0.758. The summed E-state index contributed by atoms with van der Waals surface area (Å²) >= 11 is 0. The van der Waals surface area contributed by atoms with Crippen LogP contribution in [-0.2, 0) is 20.7 Å². The molecule has 1 aliphatic heterocycles. The van der Waals surface area contributed by atoms with Crippen molar-refractivity contribution in [2.45, 2.75) is 32.3 Å². The molecule has 1 heterocycles. The summed E-state index contributed by atoms with van der Waals surface area (Å²) in [5.74, 6) is 0.0383. The SMILES string of the molecule is CCCCc1ccc(NC(=O)COC(=O)[C@H]2COc3ccccc3O2)cc1. The van der Waals surface area contributed by atoms with Crippen LogP contribution in [0.2, 0.25) is 0 Å². The summed E-state index contributed by atoms with van der Waals surface area (Å²) in [4.78, 5) is 24.1. The van der Waals surface area contributed by atoms with Crippen molar-refractivity contribution in [1.82, 2.24) is 0 Å². The van der Waals surface area contributed by atoms with Gasteiger partial charge >= 0.3 is 5.97 Å². The van der Waals surface area contributed by atoms with Crippen LogP contribution in [-0.4, -0.2) is 31.2 Å². The molecule has 3 rings (SSSR count). The molecule has 0 radical (unpaired) electrons. The van der Waals surface area contributed by atoms with E-state index in [0.29, 0.717) is 17.2 Å². The van der Waals surface area contributed by atoms with Gasteiger partial charge in [0.15, 0.2) is 18.1 Å². The molecular weight excluding hydrogens is 346 g/mol. The molecule has 6 nitrogen and oxygen atoms in total. The van der Waals surface area contributed by atoms with Crippen LogP contribution >= 0.6 is 0 Å². The molecule has 0 fully saturated rings. The zero-order valence-corrected chi connectivity index (χ0v) is 15.3. The third kappa shape index (κ3) is 5.23. The number of anilines is 1. The molecule has 1 N–H and O–H groups in total. The van der Waals surface area contributed by atoms with Gasteiger partial charge in [-0.1, -0.05) is 37.6 Å². The minimum absolute atomic E-state index is 0.0523. The molecule has 0 bridgehead atoms. The van der Waals surface area contributed by atoms with E-state index < -0.39 is 18.0 Å². The molecule has 1 aliphatic rings. The average molecular weight is 369 g/mol. The van der Waals surface area contributed by atoms with Crippen LogP contribution in [0.5, 0.6) is 11.5 Å². The molecule has 0 spiro atoms. The second kappa shape index (κ2) is 9.07. The lowest BCUT2D eigenvalue weighted by molar-refractivity contribution is -0.156. The number of carbonyl (C=O) groups is 2. The van der Waals surface area contributed by atoms with E-state index in [2.05, 4.69) is 12.2 Å². The smallest absolute Gasteiger partial charge is 0.351 e. The lowest BCUT2D eigenvalue weighted by Gasteiger charge is -2.24. The monoisotopic (exact) mass is 369 g/mol. The fourth-order valence-electron chi connectivity index (χ4n) is 2.70. The van der Waals surface area contributed by atoms with Crippen molar-refractivity contribution in [2.24, 2.45) is 0 Å². The number of benzene rings is 2. The second-order valence-corrected chi connectivity index (χ2v) is 6.32. The third-order valence-corrected chi connectivity index (χ3v) is 4.17. The molecule has 0 saturated heterocycles. The predicted molar refractivity (Wildman–Crippen MR) is 101 cm³/mol. The summed E-state index contributed by atoms with van der Waals surface area (Å²) in [6, 6.07) is 14.8. The van der Waals surface area contributed by atoms with Gasteiger partial charge in [-0.15, -0.1) is 0 Å². The number of hydrogen-bond donors (Lipinski definition) is 1. The van der Waals surface area contributed by atoms with Gasteiger partial charge in [-0.3, -0.25) is 4.79 Å². The van der Waals surface area contributed by atoms with Gasteiger partial charge in [0.05, 0.1) is 0 Å². The Morgan fingerprint density at radius 1 is 1.11 bits per heavy atom. The summed E-state index contributed by atoms with van der Waals surface area (Å²) in [5, 5.41) is 2.71. The molecule has 27 heavy (non-hydrogen) atoms. The van der Waals surface area contributed by atoms with Gasteiger partial charge in [0.2, 0.25) is 6.10 Å². The Kier molecular flexibility index (Phi) is 6.30. The zero-order chi connectivity index (χ0) is 19.1. The van der Waals surface area contributed by atoms with Gasteiger partial charge in [-0.25, -0.2) is 4.79 Å². The van der Waals surface area contributed by atoms with Gasteiger partial charge in [0.1, 0.15) is 6.61 Å². The molecule has 0 unspecified atom stereocenters. The highest BCUT2D eigenvalue weighted by Crippen LogP contribution is 2.31. The van der Waals surface area contributed by atoms with Gasteiger partial charge in [0.25, 0.3) is 5.91 Å². The third-order valence-electron chi connectivity index (χ3n) is 4.17. The number of hydrogen-bond acceptors (Lipinski definition) is 5. The van der Waals surface area contributed by atoms with E-state index in [1.807, 2.05) is 30.3 Å². The van der Waals surface area contributed by atoms with Crippen LogP contribution < -0.4 is 14.8 Å². The average Bonchev–Trinajstić information content (AvgIpc) is 2.71. The van der Waals surface area contributed by atoms with Gasteiger partial charge in [-0.05, 0) is 42.7 Å². The Morgan fingerprint density at radius 2 is 1.85 bits per heavy atom. The molecule has 0 aliphatic carbocycles. The molecule has 1 atom stereocenters. The Balaban J connectivity index is 1.44. The Hall–Kier alpha value is -3.02. The Morgan fingerprint density at radius 3 is 2.59 bits per heavy atom. The number of amides is 1. The number of para-hydroxylation sites is 2. The van der Waals surface area contributed by atoms with E-state index in [1.54, 1.807) is 18.2 Å². The van der Waals surface area contributed by atoms with E-state index in [0.717, 1.165) is 19.3 Å². The van der Waals surface area contributed by atoms with Crippen molar-refractivity contribution in [2.75, 3.05) is 18.5 Å². The number of unbranched alkanes of at least 4 members (excludes halogenated alkanes) is 1. The first-order chi connectivity index (χ1) is 13.2. The molecule has 2 aromatic carbocycles. The summed E-state index contributed by atoms with van der Waals surface area (Å²) in [5.41, 5.74) is 1.90. The van der Waals surface area contributed by atoms with Crippen LogP contribution in [0.1, 0.15) is 25.3 Å². The Bertz CT molecular complexity index is 787. The van der Waals surface area contributed by atoms with Crippen LogP contribution in [0.15, 0.2) is 48.5 Å². The maximum Gasteiger partial charge on any atom is 0.351 e. The summed E-state index contributed by atoms with van der Waals surface area (Å²) in [6.07, 6.45) is 2.42. The highest BCUT2D eigenvalue weighted by Gasteiger charge is 2.29. The molecule has 2 aromatic rings. The molecule has 142 valence electrons. The number of fused-ring (bicyclic) bond motifs is 1. The largest absolute Gasteiger partial charge is 0.485 e. The van der Waals surface area contributed by atoms with E-state index in [1.165, 1.54) is 5.56 Å². The molecule has 6 heteroatoms. The zero-order valence-electron chi connectivity index (χ0n) is 15.3. The van der Waals surface area contributed by atoms with Gasteiger partial charge in [0, 0.05) is 5.69 Å². The molecule has 1 amide bonds. The van der Waals surface area contributed by atoms with E-state index in [-0.39, 0.29) is 13.2 Å². The number of nitrogens with one attached hydrogen (secondary N) is 1. The number of esters is 1. The van der Waals surface area contributed by atoms with Crippen LogP contribution in [0.25, 0.3) is 0 Å². The van der Waals surface area contributed by atoms with Crippen molar-refractivity contribution >= 4 is 17.6 Å². The van der Waals surface area contributed by atoms with E-state index >= 15 is 0 Å². The molecule has 0 saturated carbocycles. The maximum atomic E-state index is 12.1. The maximum absolute atomic E-state index is 12.1. The van der Waals surface area contributed by atoms with E-state index in [4.69, 9.17) is 14.2 Å². The lowest BCUT2D eigenvalue weighted by atomic mass is 10.1. The predicted octanol–water partition coefficient (Wildman–Crippen LogP) is 3.35. The molecule has 0 aromatic heterocycles.